The molecule has 0 aliphatic carbocycles. The lowest BCUT2D eigenvalue weighted by Crippen LogP contribution is -2.51. The number of ether oxygens (including phenoxy) is 1. The topological polar surface area (TPSA) is 62.6 Å². The first-order chi connectivity index (χ1) is 13.6. The summed E-state index contributed by atoms with van der Waals surface area (Å²) in [5, 5.41) is 3.37. The summed E-state index contributed by atoms with van der Waals surface area (Å²) in [6.45, 7) is 4.54. The Morgan fingerprint density at radius 2 is 2.07 bits per heavy atom. The van der Waals surface area contributed by atoms with Crippen LogP contribution < -0.4 is 5.32 Å². The number of hydrogen-bond acceptors (Lipinski definition) is 5. The molecule has 0 radical (unpaired) electrons. The number of rotatable bonds is 4. The lowest BCUT2D eigenvalue weighted by molar-refractivity contribution is -0.0686. The van der Waals surface area contributed by atoms with Crippen LogP contribution in [-0.4, -0.2) is 78.2 Å². The second kappa shape index (κ2) is 8.43. The van der Waals surface area contributed by atoms with E-state index in [1.807, 2.05) is 43.4 Å². The average molecular weight is 383 g/mol. The summed E-state index contributed by atoms with van der Waals surface area (Å²) in [4.78, 5) is 22.2. The molecular formula is C21H29N5O2. The Morgan fingerprint density at radius 3 is 2.86 bits per heavy atom. The summed E-state index contributed by atoms with van der Waals surface area (Å²) in [7, 11) is 4.07. The van der Waals surface area contributed by atoms with Gasteiger partial charge in [0.2, 0.25) is 0 Å². The molecule has 2 aromatic rings. The Balaban J connectivity index is 1.64. The van der Waals surface area contributed by atoms with Crippen LogP contribution in [0, 0.1) is 0 Å². The first kappa shape index (κ1) is 19.1. The molecule has 4 rings (SSSR count). The van der Waals surface area contributed by atoms with Gasteiger partial charge in [0.1, 0.15) is 11.5 Å². The predicted octanol–water partition coefficient (Wildman–Crippen LogP) is 1.17. The van der Waals surface area contributed by atoms with E-state index in [0.29, 0.717) is 18.8 Å². The number of benzene rings is 1. The molecule has 1 amide bonds. The van der Waals surface area contributed by atoms with Crippen LogP contribution in [0.1, 0.15) is 27.9 Å². The standard InChI is InChI=1S/C21H29N5O2/c1-24(2)15-18-20(16-6-4-3-5-7-16)26(12-13-28-18)21(27)17-14-25-11-10-22-9-8-19(25)23-17/h3-7,14,18,20,22H,8-13,15H2,1-2H3/t18-,20-/m0/s1. The van der Waals surface area contributed by atoms with Crippen molar-refractivity contribution in [2.45, 2.75) is 25.1 Å². The summed E-state index contributed by atoms with van der Waals surface area (Å²) in [5.41, 5.74) is 1.65. The molecule has 1 fully saturated rings. The van der Waals surface area contributed by atoms with Gasteiger partial charge in [-0.2, -0.15) is 0 Å². The fourth-order valence-corrected chi connectivity index (χ4v) is 4.14. The number of carbonyl (C=O) groups is 1. The number of morpholine rings is 1. The maximum absolute atomic E-state index is 13.5. The summed E-state index contributed by atoms with van der Waals surface area (Å²) >= 11 is 0. The Labute approximate surface area is 166 Å². The molecule has 7 heteroatoms. The Hall–Kier alpha value is -2.22. The maximum atomic E-state index is 13.5. The van der Waals surface area contributed by atoms with Gasteiger partial charge in [-0.05, 0) is 19.7 Å². The summed E-state index contributed by atoms with van der Waals surface area (Å²) in [6.07, 6.45) is 2.70. The van der Waals surface area contributed by atoms with Gasteiger partial charge >= 0.3 is 0 Å². The molecule has 2 aliphatic rings. The van der Waals surface area contributed by atoms with E-state index >= 15 is 0 Å². The third-order valence-electron chi connectivity index (χ3n) is 5.43. The van der Waals surface area contributed by atoms with Gasteiger partial charge in [-0.1, -0.05) is 30.3 Å². The first-order valence-electron chi connectivity index (χ1n) is 10.0. The van der Waals surface area contributed by atoms with E-state index in [-0.39, 0.29) is 18.1 Å². The summed E-state index contributed by atoms with van der Waals surface area (Å²) in [6, 6.07) is 10.1. The number of likely N-dealkylation sites (N-methyl/N-ethyl adjacent to an activating group) is 1. The van der Waals surface area contributed by atoms with Crippen LogP contribution in [0.5, 0.6) is 0 Å². The number of amides is 1. The van der Waals surface area contributed by atoms with Gasteiger partial charge in [0.05, 0.1) is 18.8 Å². The zero-order valence-corrected chi connectivity index (χ0v) is 16.7. The van der Waals surface area contributed by atoms with Crippen molar-refractivity contribution in [2.75, 3.05) is 46.9 Å². The van der Waals surface area contributed by atoms with Crippen molar-refractivity contribution in [2.24, 2.45) is 0 Å². The van der Waals surface area contributed by atoms with E-state index in [9.17, 15) is 4.79 Å². The highest BCUT2D eigenvalue weighted by Gasteiger charge is 2.37. The Kier molecular flexibility index (Phi) is 5.75. The number of carbonyl (C=O) groups excluding carboxylic acids is 1. The monoisotopic (exact) mass is 383 g/mol. The maximum Gasteiger partial charge on any atom is 0.274 e. The second-order valence-corrected chi connectivity index (χ2v) is 7.76. The third kappa shape index (κ3) is 3.97. The highest BCUT2D eigenvalue weighted by atomic mass is 16.5. The zero-order valence-electron chi connectivity index (χ0n) is 16.7. The molecule has 1 saturated heterocycles. The van der Waals surface area contributed by atoms with Crippen molar-refractivity contribution in [1.82, 2.24) is 24.7 Å². The molecule has 3 heterocycles. The highest BCUT2D eigenvalue weighted by molar-refractivity contribution is 5.92. The van der Waals surface area contributed by atoms with Crippen LogP contribution in [-0.2, 0) is 17.7 Å². The SMILES string of the molecule is CN(C)C[C@@H]1OCCN(C(=O)c2cn3c(n2)CCNCC3)[C@H]1c1ccccc1. The number of hydrogen-bond donors (Lipinski definition) is 1. The fraction of sp³-hybridized carbons (Fsp3) is 0.524. The molecule has 1 aromatic heterocycles. The van der Waals surface area contributed by atoms with E-state index in [1.165, 1.54) is 0 Å². The van der Waals surface area contributed by atoms with Crippen LogP contribution in [0.25, 0.3) is 0 Å². The van der Waals surface area contributed by atoms with Gasteiger partial charge < -0.3 is 24.4 Å². The number of fused-ring (bicyclic) bond motifs is 1. The number of aromatic nitrogens is 2. The number of imidazole rings is 1. The smallest absolute Gasteiger partial charge is 0.274 e. The van der Waals surface area contributed by atoms with Crippen LogP contribution in [0.2, 0.25) is 0 Å². The normalized spacial score (nSPS) is 22.8. The molecule has 0 saturated carbocycles. The minimum atomic E-state index is -0.118. The lowest BCUT2D eigenvalue weighted by Gasteiger charge is -2.42. The van der Waals surface area contributed by atoms with Crippen LogP contribution in [0.15, 0.2) is 36.5 Å². The molecule has 2 aliphatic heterocycles. The molecule has 150 valence electrons. The second-order valence-electron chi connectivity index (χ2n) is 7.76. The Bertz CT molecular complexity index is 781. The molecule has 1 aromatic carbocycles. The third-order valence-corrected chi connectivity index (χ3v) is 5.43. The van der Waals surface area contributed by atoms with Gasteiger partial charge in [0.25, 0.3) is 5.91 Å². The Morgan fingerprint density at radius 1 is 1.25 bits per heavy atom. The molecule has 7 nitrogen and oxygen atoms in total. The van der Waals surface area contributed by atoms with E-state index < -0.39 is 0 Å². The highest BCUT2D eigenvalue weighted by Crippen LogP contribution is 2.31. The van der Waals surface area contributed by atoms with Gasteiger partial charge in [0, 0.05) is 45.3 Å². The minimum absolute atomic E-state index is 0.00515. The molecule has 1 N–H and O–H groups in total. The van der Waals surface area contributed by atoms with Crippen LogP contribution >= 0.6 is 0 Å². The largest absolute Gasteiger partial charge is 0.373 e. The molecule has 28 heavy (non-hydrogen) atoms. The molecule has 2 atom stereocenters. The summed E-state index contributed by atoms with van der Waals surface area (Å²) in [5.74, 6) is 0.983. The van der Waals surface area contributed by atoms with Gasteiger partial charge in [-0.3, -0.25) is 4.79 Å². The molecule has 0 bridgehead atoms. The van der Waals surface area contributed by atoms with Crippen molar-refractivity contribution in [3.8, 4) is 0 Å². The number of nitrogens with zero attached hydrogens (tertiary/aromatic N) is 4. The quantitative estimate of drug-likeness (QED) is 0.859. The van der Waals surface area contributed by atoms with E-state index in [2.05, 4.69) is 31.9 Å². The van der Waals surface area contributed by atoms with Crippen molar-refractivity contribution < 1.29 is 9.53 Å². The minimum Gasteiger partial charge on any atom is -0.373 e. The van der Waals surface area contributed by atoms with Crippen LogP contribution in [0.3, 0.4) is 0 Å². The van der Waals surface area contributed by atoms with Crippen molar-refractivity contribution in [3.05, 3.63) is 53.6 Å². The zero-order chi connectivity index (χ0) is 19.5. The molecule has 0 unspecified atom stereocenters. The number of nitrogens with one attached hydrogen (secondary N) is 1. The van der Waals surface area contributed by atoms with E-state index in [4.69, 9.17) is 4.74 Å². The molecular weight excluding hydrogens is 354 g/mol. The van der Waals surface area contributed by atoms with Crippen molar-refractivity contribution >= 4 is 5.91 Å². The molecule has 0 spiro atoms. The van der Waals surface area contributed by atoms with Gasteiger partial charge in [0.15, 0.2) is 0 Å². The van der Waals surface area contributed by atoms with Gasteiger partial charge in [-0.15, -0.1) is 0 Å². The van der Waals surface area contributed by atoms with E-state index in [0.717, 1.165) is 44.0 Å². The van der Waals surface area contributed by atoms with Crippen molar-refractivity contribution in [3.63, 3.8) is 0 Å². The van der Waals surface area contributed by atoms with Crippen molar-refractivity contribution in [1.29, 1.82) is 0 Å². The van der Waals surface area contributed by atoms with Gasteiger partial charge in [-0.25, -0.2) is 4.98 Å². The first-order valence-corrected chi connectivity index (χ1v) is 10.0. The van der Waals surface area contributed by atoms with Crippen LogP contribution in [0.4, 0.5) is 0 Å². The summed E-state index contributed by atoms with van der Waals surface area (Å²) < 4.78 is 8.21. The predicted molar refractivity (Wildman–Crippen MR) is 107 cm³/mol. The average Bonchev–Trinajstić information content (AvgIpc) is 2.98. The lowest BCUT2D eigenvalue weighted by atomic mass is 9.97. The van der Waals surface area contributed by atoms with E-state index in [1.54, 1.807) is 0 Å². The fourth-order valence-electron chi connectivity index (χ4n) is 4.14.